The van der Waals surface area contributed by atoms with Gasteiger partial charge < -0.3 is 4.90 Å². The quantitative estimate of drug-likeness (QED) is 0.604. The minimum absolute atomic E-state index is 0.00154. The van der Waals surface area contributed by atoms with Crippen LogP contribution >= 0.6 is 11.3 Å². The summed E-state index contributed by atoms with van der Waals surface area (Å²) in [6.45, 7) is 0.671. The molecular formula is C24H24N2O3S2. The highest BCUT2D eigenvalue weighted by Crippen LogP contribution is 2.32. The van der Waals surface area contributed by atoms with Crippen molar-refractivity contribution >= 4 is 38.6 Å². The van der Waals surface area contributed by atoms with Crippen molar-refractivity contribution in [2.45, 2.75) is 43.4 Å². The second kappa shape index (κ2) is 8.13. The second-order valence-corrected chi connectivity index (χ2v) is 10.8. The van der Waals surface area contributed by atoms with Crippen molar-refractivity contribution in [1.82, 2.24) is 0 Å². The number of anilines is 2. The minimum atomic E-state index is -3.67. The third-order valence-electron chi connectivity index (χ3n) is 6.06. The molecule has 5 nitrogen and oxygen atoms in total. The van der Waals surface area contributed by atoms with Crippen molar-refractivity contribution in [3.63, 3.8) is 0 Å². The third-order valence-corrected chi connectivity index (χ3v) is 8.29. The number of rotatable bonds is 4. The van der Waals surface area contributed by atoms with Crippen LogP contribution in [-0.2, 0) is 29.3 Å². The number of fused-ring (bicyclic) bond motifs is 2. The number of nitrogens with zero attached hydrogens (tertiary/aromatic N) is 1. The number of carbonyl (C=O) groups excluding carboxylic acids is 1. The molecule has 1 aliphatic heterocycles. The maximum absolute atomic E-state index is 13.0. The summed E-state index contributed by atoms with van der Waals surface area (Å²) in [6, 6.07) is 14.6. The Morgan fingerprint density at radius 2 is 1.71 bits per heavy atom. The van der Waals surface area contributed by atoms with Crippen LogP contribution in [-0.4, -0.2) is 20.9 Å². The van der Waals surface area contributed by atoms with Crippen LogP contribution in [0.5, 0.6) is 0 Å². The number of benzene rings is 2. The number of sulfonamides is 1. The Balaban J connectivity index is 1.40. The molecule has 7 heteroatoms. The minimum Gasteiger partial charge on any atom is -0.307 e. The summed E-state index contributed by atoms with van der Waals surface area (Å²) in [4.78, 5) is 15.7. The number of aryl methyl sites for hydroxylation is 3. The van der Waals surface area contributed by atoms with Gasteiger partial charge in [-0.3, -0.25) is 9.52 Å². The molecule has 5 rings (SSSR count). The van der Waals surface area contributed by atoms with Gasteiger partial charge in [-0.2, -0.15) is 0 Å². The highest BCUT2D eigenvalue weighted by atomic mass is 32.2. The van der Waals surface area contributed by atoms with E-state index in [1.54, 1.807) is 17.0 Å². The molecule has 1 aliphatic carbocycles. The van der Waals surface area contributed by atoms with Gasteiger partial charge in [0.15, 0.2) is 0 Å². The average Bonchev–Trinajstić information content (AvgIpc) is 3.32. The summed E-state index contributed by atoms with van der Waals surface area (Å²) in [5.74, 6) is -0.00154. The molecular weight excluding hydrogens is 428 g/mol. The van der Waals surface area contributed by atoms with Crippen molar-refractivity contribution in [3.05, 3.63) is 75.5 Å². The number of amides is 1. The predicted octanol–water partition coefficient (Wildman–Crippen LogP) is 5.02. The average molecular weight is 453 g/mol. The van der Waals surface area contributed by atoms with Crippen LogP contribution in [0.15, 0.2) is 58.8 Å². The summed E-state index contributed by atoms with van der Waals surface area (Å²) in [6.07, 6.45) is 5.90. The molecule has 2 aliphatic rings. The molecule has 3 aromatic rings. The molecule has 160 valence electrons. The van der Waals surface area contributed by atoms with Crippen molar-refractivity contribution in [2.24, 2.45) is 0 Å². The Morgan fingerprint density at radius 1 is 0.903 bits per heavy atom. The van der Waals surface area contributed by atoms with Gasteiger partial charge in [-0.15, -0.1) is 11.3 Å². The van der Waals surface area contributed by atoms with Gasteiger partial charge in [0.25, 0.3) is 15.9 Å². The molecule has 0 unspecified atom stereocenters. The lowest BCUT2D eigenvalue weighted by molar-refractivity contribution is 0.0989. The van der Waals surface area contributed by atoms with E-state index in [1.807, 2.05) is 41.8 Å². The normalized spacial score (nSPS) is 15.8. The highest BCUT2D eigenvalue weighted by Gasteiger charge is 2.25. The molecule has 1 aromatic heterocycles. The first kappa shape index (κ1) is 20.3. The summed E-state index contributed by atoms with van der Waals surface area (Å²) in [7, 11) is -3.67. The van der Waals surface area contributed by atoms with Gasteiger partial charge in [0, 0.05) is 17.9 Å². The first-order valence-corrected chi connectivity index (χ1v) is 13.0. The summed E-state index contributed by atoms with van der Waals surface area (Å²) < 4.78 is 28.8. The smallest absolute Gasteiger partial charge is 0.268 e. The molecule has 0 fully saturated rings. The number of thiophene rings is 1. The van der Waals surface area contributed by atoms with E-state index >= 15 is 0 Å². The Bertz CT molecular complexity index is 1230. The zero-order valence-electron chi connectivity index (χ0n) is 17.1. The number of hydrogen-bond acceptors (Lipinski definition) is 4. The molecule has 0 saturated heterocycles. The van der Waals surface area contributed by atoms with Gasteiger partial charge in [0.1, 0.15) is 0 Å². The van der Waals surface area contributed by atoms with Gasteiger partial charge in [-0.1, -0.05) is 12.1 Å². The van der Waals surface area contributed by atoms with Crippen molar-refractivity contribution in [2.75, 3.05) is 16.2 Å². The fourth-order valence-electron chi connectivity index (χ4n) is 4.50. The predicted molar refractivity (Wildman–Crippen MR) is 125 cm³/mol. The maximum atomic E-state index is 13.0. The van der Waals surface area contributed by atoms with Crippen molar-refractivity contribution < 1.29 is 13.2 Å². The summed E-state index contributed by atoms with van der Waals surface area (Å²) in [5.41, 5.74) is 4.78. The Labute approximate surface area is 186 Å². The van der Waals surface area contributed by atoms with E-state index in [1.165, 1.54) is 23.3 Å². The van der Waals surface area contributed by atoms with Gasteiger partial charge in [-0.05, 0) is 97.0 Å². The molecule has 0 bridgehead atoms. The first-order chi connectivity index (χ1) is 15.0. The zero-order chi connectivity index (χ0) is 21.4. The molecule has 31 heavy (non-hydrogen) atoms. The Hall–Kier alpha value is -2.64. The molecule has 2 aromatic carbocycles. The van der Waals surface area contributed by atoms with Crippen LogP contribution < -0.4 is 9.62 Å². The molecule has 2 heterocycles. The first-order valence-electron chi connectivity index (χ1n) is 10.6. The Morgan fingerprint density at radius 3 is 2.52 bits per heavy atom. The lowest BCUT2D eigenvalue weighted by Crippen LogP contribution is -2.35. The Kier molecular flexibility index (Phi) is 5.32. The number of hydrogen-bond donors (Lipinski definition) is 1. The highest BCUT2D eigenvalue weighted by molar-refractivity contribution is 7.92. The largest absolute Gasteiger partial charge is 0.307 e. The van der Waals surface area contributed by atoms with Gasteiger partial charge in [0.05, 0.1) is 9.77 Å². The SMILES string of the molecule is O=C(c1cccs1)N1CCCc2cc(NS(=O)(=O)c3ccc4c(c3)CCCC4)ccc21. The van der Waals surface area contributed by atoms with Crippen LogP contribution in [0.1, 0.15) is 45.6 Å². The van der Waals surface area contributed by atoms with Gasteiger partial charge >= 0.3 is 0 Å². The van der Waals surface area contributed by atoms with E-state index in [9.17, 15) is 13.2 Å². The van der Waals surface area contributed by atoms with Gasteiger partial charge in [-0.25, -0.2) is 8.42 Å². The monoisotopic (exact) mass is 452 g/mol. The summed E-state index contributed by atoms with van der Waals surface area (Å²) in [5, 5.41) is 1.90. The van der Waals surface area contributed by atoms with E-state index in [-0.39, 0.29) is 5.91 Å². The van der Waals surface area contributed by atoms with Crippen LogP contribution in [0.25, 0.3) is 0 Å². The zero-order valence-corrected chi connectivity index (χ0v) is 18.8. The number of nitrogens with one attached hydrogen (secondary N) is 1. The molecule has 0 spiro atoms. The fourth-order valence-corrected chi connectivity index (χ4v) is 6.27. The van der Waals surface area contributed by atoms with Crippen LogP contribution in [0, 0.1) is 0 Å². The molecule has 0 atom stereocenters. The third kappa shape index (κ3) is 4.00. The maximum Gasteiger partial charge on any atom is 0.268 e. The second-order valence-electron chi connectivity index (χ2n) is 8.12. The lowest BCUT2D eigenvalue weighted by Gasteiger charge is -2.29. The van der Waals surface area contributed by atoms with E-state index in [4.69, 9.17) is 0 Å². The van der Waals surface area contributed by atoms with Crippen molar-refractivity contribution in [3.8, 4) is 0 Å². The molecule has 0 radical (unpaired) electrons. The van der Waals surface area contributed by atoms with E-state index in [0.717, 1.165) is 48.9 Å². The molecule has 1 amide bonds. The topological polar surface area (TPSA) is 66.5 Å². The van der Waals surface area contributed by atoms with Crippen LogP contribution in [0.2, 0.25) is 0 Å². The van der Waals surface area contributed by atoms with Crippen LogP contribution in [0.3, 0.4) is 0 Å². The fraction of sp³-hybridized carbons (Fsp3) is 0.292. The van der Waals surface area contributed by atoms with Crippen LogP contribution in [0.4, 0.5) is 11.4 Å². The van der Waals surface area contributed by atoms with Crippen molar-refractivity contribution in [1.29, 1.82) is 0 Å². The molecule has 0 saturated carbocycles. The molecule has 1 N–H and O–H groups in total. The summed E-state index contributed by atoms with van der Waals surface area (Å²) >= 11 is 1.43. The standard InChI is InChI=1S/C24H24N2O3S2/c27-24(23-8-4-14-30-23)26-13-3-7-19-15-20(10-12-22(19)26)25-31(28,29)21-11-9-17-5-1-2-6-18(17)16-21/h4,8-12,14-16,25H,1-3,5-7,13H2. The lowest BCUT2D eigenvalue weighted by atomic mass is 9.92. The number of carbonyl (C=O) groups is 1. The van der Waals surface area contributed by atoms with E-state index in [0.29, 0.717) is 22.0 Å². The van der Waals surface area contributed by atoms with Gasteiger partial charge in [0.2, 0.25) is 0 Å². The van der Waals surface area contributed by atoms with E-state index < -0.39 is 10.0 Å². The van der Waals surface area contributed by atoms with E-state index in [2.05, 4.69) is 4.72 Å².